The molecule has 28 heavy (non-hydrogen) atoms. The van der Waals surface area contributed by atoms with Gasteiger partial charge in [-0.05, 0) is 36.1 Å². The van der Waals surface area contributed by atoms with Crippen molar-refractivity contribution in [3.63, 3.8) is 0 Å². The highest BCUT2D eigenvalue weighted by Crippen LogP contribution is 2.13. The number of rotatable bonds is 9. The lowest BCUT2D eigenvalue weighted by Crippen LogP contribution is -2.41. The summed E-state index contributed by atoms with van der Waals surface area (Å²) in [5.41, 5.74) is 6.87. The predicted octanol–water partition coefficient (Wildman–Crippen LogP) is 2.69. The van der Waals surface area contributed by atoms with Gasteiger partial charge in [-0.15, -0.1) is 12.4 Å². The van der Waals surface area contributed by atoms with Gasteiger partial charge in [0.2, 0.25) is 10.0 Å². The highest BCUT2D eigenvalue weighted by atomic mass is 35.5. The molecule has 2 aromatic carbocycles. The summed E-state index contributed by atoms with van der Waals surface area (Å²) >= 11 is 0. The van der Waals surface area contributed by atoms with Gasteiger partial charge in [0.05, 0.1) is 4.90 Å². The molecule has 0 saturated heterocycles. The van der Waals surface area contributed by atoms with E-state index < -0.39 is 10.0 Å². The van der Waals surface area contributed by atoms with Gasteiger partial charge in [0.1, 0.15) is 0 Å². The van der Waals surface area contributed by atoms with Crippen LogP contribution in [0.15, 0.2) is 59.5 Å². The summed E-state index contributed by atoms with van der Waals surface area (Å²) in [7, 11) is -3.72. The van der Waals surface area contributed by atoms with Gasteiger partial charge in [0, 0.05) is 24.7 Å². The van der Waals surface area contributed by atoms with E-state index in [0.29, 0.717) is 18.0 Å². The molecule has 1 atom stereocenters. The van der Waals surface area contributed by atoms with Crippen molar-refractivity contribution in [1.82, 2.24) is 10.0 Å². The van der Waals surface area contributed by atoms with Crippen molar-refractivity contribution in [3.05, 3.63) is 65.7 Å². The molecule has 1 amide bonds. The molecular weight excluding hydrogens is 398 g/mol. The second-order valence-electron chi connectivity index (χ2n) is 6.87. The zero-order valence-corrected chi connectivity index (χ0v) is 17.7. The molecule has 0 aliphatic rings. The maximum Gasteiger partial charge on any atom is 0.251 e. The molecule has 0 saturated carbocycles. The van der Waals surface area contributed by atoms with Gasteiger partial charge in [-0.25, -0.2) is 13.1 Å². The summed E-state index contributed by atoms with van der Waals surface area (Å²) in [5, 5.41) is 2.87. The Morgan fingerprint density at radius 2 is 1.75 bits per heavy atom. The molecule has 0 heterocycles. The molecule has 0 radical (unpaired) electrons. The van der Waals surface area contributed by atoms with Crippen molar-refractivity contribution in [2.24, 2.45) is 11.7 Å². The third-order valence-electron chi connectivity index (χ3n) is 4.09. The van der Waals surface area contributed by atoms with Crippen LogP contribution >= 0.6 is 12.4 Å². The first kappa shape index (κ1) is 24.1. The van der Waals surface area contributed by atoms with Gasteiger partial charge in [-0.1, -0.05) is 50.2 Å². The predicted molar refractivity (Wildman–Crippen MR) is 114 cm³/mol. The van der Waals surface area contributed by atoms with Gasteiger partial charge in [-0.3, -0.25) is 4.79 Å². The van der Waals surface area contributed by atoms with E-state index in [4.69, 9.17) is 5.73 Å². The molecule has 0 aliphatic carbocycles. The van der Waals surface area contributed by atoms with Crippen molar-refractivity contribution in [2.75, 3.05) is 6.54 Å². The lowest BCUT2D eigenvalue weighted by atomic mass is 10.0. The molecule has 0 aliphatic heterocycles. The highest BCUT2D eigenvalue weighted by molar-refractivity contribution is 7.89. The molecule has 4 N–H and O–H groups in total. The minimum Gasteiger partial charge on any atom is -0.348 e. The summed E-state index contributed by atoms with van der Waals surface area (Å²) in [6.45, 7) is 4.63. The van der Waals surface area contributed by atoms with E-state index in [9.17, 15) is 13.2 Å². The Balaban J connectivity index is 0.00000392. The fraction of sp³-hybridized carbons (Fsp3) is 0.350. The van der Waals surface area contributed by atoms with Crippen molar-refractivity contribution in [1.29, 1.82) is 0 Å². The Bertz CT molecular complexity index is 858. The average molecular weight is 426 g/mol. The van der Waals surface area contributed by atoms with Crippen molar-refractivity contribution in [3.8, 4) is 0 Å². The number of hydrogen-bond donors (Lipinski definition) is 3. The fourth-order valence-corrected chi connectivity index (χ4v) is 3.78. The van der Waals surface area contributed by atoms with Crippen LogP contribution in [0.4, 0.5) is 0 Å². The topological polar surface area (TPSA) is 101 Å². The molecule has 0 aromatic heterocycles. The third-order valence-corrected chi connectivity index (χ3v) is 5.49. The van der Waals surface area contributed by atoms with Crippen LogP contribution in [0.2, 0.25) is 0 Å². The maximum atomic E-state index is 12.5. The minimum absolute atomic E-state index is 0. The Labute approximate surface area is 173 Å². The molecule has 8 heteroatoms. The van der Waals surface area contributed by atoms with E-state index in [1.165, 1.54) is 12.1 Å². The van der Waals surface area contributed by atoms with Gasteiger partial charge in [0.25, 0.3) is 5.91 Å². The Morgan fingerprint density at radius 3 is 2.36 bits per heavy atom. The summed E-state index contributed by atoms with van der Waals surface area (Å²) in [6, 6.07) is 15.1. The van der Waals surface area contributed by atoms with E-state index in [-0.39, 0.29) is 35.8 Å². The second kappa shape index (κ2) is 11.2. The lowest BCUT2D eigenvalue weighted by Gasteiger charge is -2.19. The second-order valence-corrected chi connectivity index (χ2v) is 8.64. The summed E-state index contributed by atoms with van der Waals surface area (Å²) in [6.07, 6.45) is 0.763. The summed E-state index contributed by atoms with van der Waals surface area (Å²) in [4.78, 5) is 12.5. The number of hydrogen-bond acceptors (Lipinski definition) is 4. The minimum atomic E-state index is -3.72. The molecule has 0 fully saturated rings. The van der Waals surface area contributed by atoms with Crippen LogP contribution in [-0.4, -0.2) is 26.9 Å². The number of carbonyl (C=O) groups excluding carboxylic acids is 1. The molecular formula is C20H28ClN3O3S. The standard InChI is InChI=1S/C20H27N3O3S.ClH/c1-15(2)11-18(13-21)23-20(24)17-9-6-10-19(12-17)27(25,26)22-14-16-7-4-3-5-8-16;/h3-10,12,15,18,22H,11,13-14,21H2,1-2H3,(H,23,24);1H. The number of halogens is 1. The number of carbonyl (C=O) groups is 1. The largest absolute Gasteiger partial charge is 0.348 e. The van der Waals surface area contributed by atoms with Gasteiger partial charge >= 0.3 is 0 Å². The average Bonchev–Trinajstić information content (AvgIpc) is 2.66. The van der Waals surface area contributed by atoms with E-state index in [1.807, 2.05) is 30.3 Å². The van der Waals surface area contributed by atoms with Crippen LogP contribution in [-0.2, 0) is 16.6 Å². The van der Waals surface area contributed by atoms with Crippen LogP contribution in [0, 0.1) is 5.92 Å². The molecule has 2 rings (SSSR count). The van der Waals surface area contributed by atoms with Crippen LogP contribution in [0.25, 0.3) is 0 Å². The van der Waals surface area contributed by atoms with E-state index >= 15 is 0 Å². The van der Waals surface area contributed by atoms with E-state index in [0.717, 1.165) is 12.0 Å². The molecule has 154 valence electrons. The van der Waals surface area contributed by atoms with Gasteiger partial charge in [0.15, 0.2) is 0 Å². The smallest absolute Gasteiger partial charge is 0.251 e. The summed E-state index contributed by atoms with van der Waals surface area (Å²) in [5.74, 6) is 0.0685. The highest BCUT2D eigenvalue weighted by Gasteiger charge is 2.18. The first-order valence-corrected chi connectivity index (χ1v) is 10.4. The molecule has 6 nitrogen and oxygen atoms in total. The van der Waals surface area contributed by atoms with Gasteiger partial charge < -0.3 is 11.1 Å². The molecule has 0 spiro atoms. The van der Waals surface area contributed by atoms with Crippen molar-refractivity contribution >= 4 is 28.3 Å². The van der Waals surface area contributed by atoms with Crippen molar-refractivity contribution < 1.29 is 13.2 Å². The van der Waals surface area contributed by atoms with Crippen LogP contribution in [0.1, 0.15) is 36.2 Å². The zero-order chi connectivity index (χ0) is 19.9. The lowest BCUT2D eigenvalue weighted by molar-refractivity contribution is 0.0933. The number of sulfonamides is 1. The van der Waals surface area contributed by atoms with E-state index in [2.05, 4.69) is 23.9 Å². The maximum absolute atomic E-state index is 12.5. The zero-order valence-electron chi connectivity index (χ0n) is 16.1. The third kappa shape index (κ3) is 7.24. The number of nitrogens with one attached hydrogen (secondary N) is 2. The fourth-order valence-electron chi connectivity index (χ4n) is 2.71. The van der Waals surface area contributed by atoms with Crippen LogP contribution in [0.3, 0.4) is 0 Å². The first-order valence-electron chi connectivity index (χ1n) is 8.96. The van der Waals surface area contributed by atoms with Crippen molar-refractivity contribution in [2.45, 2.75) is 37.8 Å². The monoisotopic (exact) mass is 425 g/mol. The van der Waals surface area contributed by atoms with Gasteiger partial charge in [-0.2, -0.15) is 0 Å². The SMILES string of the molecule is CC(C)CC(CN)NC(=O)c1cccc(S(=O)(=O)NCc2ccccc2)c1.Cl. The Morgan fingerprint density at radius 1 is 1.07 bits per heavy atom. The van der Waals surface area contributed by atoms with Crippen LogP contribution in [0.5, 0.6) is 0 Å². The van der Waals surface area contributed by atoms with E-state index in [1.54, 1.807) is 12.1 Å². The molecule has 1 unspecified atom stereocenters. The Kier molecular flexibility index (Phi) is 9.61. The Hall–Kier alpha value is -1.93. The molecule has 2 aromatic rings. The number of benzene rings is 2. The number of nitrogens with two attached hydrogens (primary N) is 1. The van der Waals surface area contributed by atoms with Crippen LogP contribution < -0.4 is 15.8 Å². The number of amides is 1. The molecule has 0 bridgehead atoms. The quantitative estimate of drug-likeness (QED) is 0.574. The summed E-state index contributed by atoms with van der Waals surface area (Å²) < 4.78 is 27.6. The normalized spacial score (nSPS) is 12.3. The first-order chi connectivity index (χ1) is 12.8.